The Balaban J connectivity index is 0.000000755. The van der Waals surface area contributed by atoms with Gasteiger partial charge < -0.3 is 6.42 Å². The molecule has 3 heteroatoms. The van der Waals surface area contributed by atoms with Crippen LogP contribution in [0, 0.1) is 34.1 Å². The summed E-state index contributed by atoms with van der Waals surface area (Å²) < 4.78 is 0. The second kappa shape index (κ2) is 9.68. The molecule has 0 aliphatic heterocycles. The molecule has 4 rings (SSSR count). The van der Waals surface area contributed by atoms with Crippen molar-refractivity contribution >= 4 is 29.2 Å². The van der Waals surface area contributed by atoms with Gasteiger partial charge in [-0.1, -0.05) is 53.1 Å². The van der Waals surface area contributed by atoms with Crippen LogP contribution in [0.1, 0.15) is 76.6 Å². The molecule has 0 fully saturated rings. The van der Waals surface area contributed by atoms with Crippen LogP contribution in [0.2, 0.25) is 0 Å². The molecule has 0 heterocycles. The van der Waals surface area contributed by atoms with Crippen LogP contribution in [0.25, 0.3) is 12.2 Å². The van der Waals surface area contributed by atoms with Gasteiger partial charge in [0.25, 0.3) is 0 Å². The summed E-state index contributed by atoms with van der Waals surface area (Å²) in [4.78, 5) is 0. The van der Waals surface area contributed by atoms with E-state index < -0.39 is 20.8 Å². The van der Waals surface area contributed by atoms with Crippen LogP contribution >= 0.6 is 17.0 Å². The fourth-order valence-corrected chi connectivity index (χ4v) is 4.95. The van der Waals surface area contributed by atoms with Crippen LogP contribution in [0.4, 0.5) is 0 Å². The number of allylic oxidation sites excluding steroid dienone is 2. The number of benzene rings is 2. The van der Waals surface area contributed by atoms with Crippen molar-refractivity contribution in [3.8, 4) is 0 Å². The van der Waals surface area contributed by atoms with Crippen LogP contribution in [-0.2, 0) is 20.8 Å². The van der Waals surface area contributed by atoms with Crippen LogP contribution in [0.3, 0.4) is 0 Å². The summed E-state index contributed by atoms with van der Waals surface area (Å²) >= 11 is -0.826. The van der Waals surface area contributed by atoms with E-state index in [1.165, 1.54) is 50.1 Å². The topological polar surface area (TPSA) is 0 Å². The standard InChI is InChI=1S/C26H29.2ClH.Zr/c1-15-7-9-17(3)25-21(19(5)13-23(15)25)11-12-22-20(6)14-24-16(2)8-10-18(4)26(22)24;;;/h7-11,13-14,21-22H,12H2,1-6H3;2*1H;/q-1;;;+2/p-2. The van der Waals surface area contributed by atoms with Gasteiger partial charge in [0.05, 0.1) is 0 Å². The molecule has 0 nitrogen and oxygen atoms in total. The zero-order valence-corrected chi connectivity index (χ0v) is 22.1. The van der Waals surface area contributed by atoms with Crippen LogP contribution in [0.5, 0.6) is 0 Å². The minimum absolute atomic E-state index is 0.465. The van der Waals surface area contributed by atoms with E-state index in [0.717, 1.165) is 6.42 Å². The maximum absolute atomic E-state index is 4.93. The Morgan fingerprint density at radius 1 is 0.724 bits per heavy atom. The summed E-state index contributed by atoms with van der Waals surface area (Å²) in [6.07, 6.45) is 8.50. The zero-order valence-electron chi connectivity index (χ0n) is 18.2. The van der Waals surface area contributed by atoms with Gasteiger partial charge in [-0.25, -0.2) is 0 Å². The van der Waals surface area contributed by atoms with E-state index >= 15 is 0 Å². The van der Waals surface area contributed by atoms with E-state index in [2.05, 4.69) is 84.4 Å². The maximum atomic E-state index is 4.93. The predicted molar refractivity (Wildman–Crippen MR) is 125 cm³/mol. The molecule has 0 aromatic heterocycles. The molecule has 0 saturated carbocycles. The van der Waals surface area contributed by atoms with Gasteiger partial charge in [-0.3, -0.25) is 0 Å². The Morgan fingerprint density at radius 3 is 1.76 bits per heavy atom. The Hall–Kier alpha value is -0.617. The summed E-state index contributed by atoms with van der Waals surface area (Å²) in [5.74, 6) is 0.999. The number of hydrogen-bond donors (Lipinski definition) is 0. The zero-order chi connectivity index (χ0) is 21.3. The van der Waals surface area contributed by atoms with E-state index in [1.807, 2.05) is 0 Å². The van der Waals surface area contributed by atoms with Crippen LogP contribution < -0.4 is 0 Å². The van der Waals surface area contributed by atoms with Crippen LogP contribution in [-0.4, -0.2) is 0 Å². The average molecular weight is 504 g/mol. The molecule has 2 unspecified atom stereocenters. The Bertz CT molecular complexity index is 905. The van der Waals surface area contributed by atoms with Gasteiger partial charge in [-0.15, -0.1) is 5.92 Å². The van der Waals surface area contributed by atoms with Gasteiger partial charge in [0.1, 0.15) is 0 Å². The molecule has 2 aromatic carbocycles. The first kappa shape index (κ1) is 23.1. The van der Waals surface area contributed by atoms with E-state index in [9.17, 15) is 0 Å². The summed E-state index contributed by atoms with van der Waals surface area (Å²) in [6.45, 7) is 13.6. The van der Waals surface area contributed by atoms with Gasteiger partial charge in [0.2, 0.25) is 0 Å². The summed E-state index contributed by atoms with van der Waals surface area (Å²) in [6, 6.07) is 9.09. The van der Waals surface area contributed by atoms with Crippen LogP contribution in [0.15, 0.2) is 35.4 Å². The molecule has 152 valence electrons. The van der Waals surface area contributed by atoms with Crippen molar-refractivity contribution in [1.29, 1.82) is 0 Å². The number of rotatable bonds is 3. The molecule has 2 atom stereocenters. The van der Waals surface area contributed by atoms with Crippen molar-refractivity contribution in [1.82, 2.24) is 0 Å². The number of fused-ring (bicyclic) bond motifs is 2. The second-order valence-electron chi connectivity index (χ2n) is 8.40. The Labute approximate surface area is 195 Å². The molecular weight excluding hydrogens is 474 g/mol. The van der Waals surface area contributed by atoms with E-state index in [0.29, 0.717) is 11.8 Å². The normalized spacial score (nSPS) is 19.0. The van der Waals surface area contributed by atoms with Crippen molar-refractivity contribution in [2.75, 3.05) is 0 Å². The second-order valence-corrected chi connectivity index (χ2v) is 12.1. The Morgan fingerprint density at radius 2 is 1.17 bits per heavy atom. The third kappa shape index (κ3) is 4.53. The number of halogens is 2. The summed E-state index contributed by atoms with van der Waals surface area (Å²) in [5, 5.41) is 0. The molecule has 0 amide bonds. The van der Waals surface area contributed by atoms with Crippen molar-refractivity contribution in [2.24, 2.45) is 0 Å². The number of aryl methyl sites for hydroxylation is 4. The van der Waals surface area contributed by atoms with Gasteiger partial charge in [-0.2, -0.15) is 6.42 Å². The molecule has 2 aliphatic rings. The quantitative estimate of drug-likeness (QED) is 0.368. The molecule has 2 aliphatic carbocycles. The van der Waals surface area contributed by atoms with Crippen molar-refractivity contribution in [3.63, 3.8) is 0 Å². The molecular formula is C26H29Cl2Zr-. The minimum atomic E-state index is -0.826. The first-order valence-corrected chi connectivity index (χ1v) is 16.5. The molecule has 2 aromatic rings. The third-order valence-electron chi connectivity index (χ3n) is 6.50. The number of hydrogen-bond acceptors (Lipinski definition) is 0. The van der Waals surface area contributed by atoms with E-state index in [4.69, 9.17) is 17.0 Å². The molecule has 0 N–H and O–H groups in total. The van der Waals surface area contributed by atoms with E-state index in [1.54, 1.807) is 5.56 Å². The summed E-state index contributed by atoms with van der Waals surface area (Å²) in [5.41, 5.74) is 14.7. The average Bonchev–Trinajstić information content (AvgIpc) is 3.19. The van der Waals surface area contributed by atoms with Gasteiger partial charge >= 0.3 is 37.9 Å². The predicted octanol–water partition coefficient (Wildman–Crippen LogP) is 8.59. The van der Waals surface area contributed by atoms with Gasteiger partial charge in [-0.05, 0) is 86.4 Å². The SMILES string of the molecule is CC1=Cc2c(C)ccc(C)c2C1[CH-]CC1C(C)=Cc2c(C)ccc(C)c21.[Cl][Zr][Cl]. The molecule has 0 bridgehead atoms. The first-order valence-electron chi connectivity index (χ1n) is 10.2. The fourth-order valence-electron chi connectivity index (χ4n) is 4.95. The molecule has 0 saturated heterocycles. The molecule has 0 radical (unpaired) electrons. The van der Waals surface area contributed by atoms with E-state index in [-0.39, 0.29) is 0 Å². The van der Waals surface area contributed by atoms with Gasteiger partial charge in [0, 0.05) is 0 Å². The van der Waals surface area contributed by atoms with Crippen molar-refractivity contribution < 1.29 is 20.8 Å². The molecule has 29 heavy (non-hydrogen) atoms. The first-order chi connectivity index (χ1) is 13.8. The fraction of sp³-hybridized carbons (Fsp3) is 0.346. The van der Waals surface area contributed by atoms with Crippen molar-refractivity contribution in [2.45, 2.75) is 59.8 Å². The van der Waals surface area contributed by atoms with Gasteiger partial charge in [0.15, 0.2) is 0 Å². The monoisotopic (exact) mass is 501 g/mol. The molecule has 0 spiro atoms. The third-order valence-corrected chi connectivity index (χ3v) is 6.50. The summed E-state index contributed by atoms with van der Waals surface area (Å²) in [7, 11) is 9.87. The van der Waals surface area contributed by atoms with Crippen molar-refractivity contribution in [3.05, 3.63) is 86.3 Å². The Kier molecular flexibility index (Phi) is 7.69.